The number of piperidine rings is 1. The highest BCUT2D eigenvalue weighted by atomic mass is 35.5. The van der Waals surface area contributed by atoms with Crippen LogP contribution in [0.2, 0.25) is 5.15 Å². The van der Waals surface area contributed by atoms with E-state index in [2.05, 4.69) is 20.2 Å². The number of urea groups is 1. The Bertz CT molecular complexity index is 1600. The number of pyridine rings is 2. The lowest BCUT2D eigenvalue weighted by atomic mass is 9.74. The number of hydrogen-bond acceptors (Lipinski definition) is 6. The summed E-state index contributed by atoms with van der Waals surface area (Å²) >= 11 is 7.60. The molecule has 5 heterocycles. The molecular formula is C29H26ClF3N6OS. The van der Waals surface area contributed by atoms with Crippen LogP contribution in [-0.2, 0) is 18.1 Å². The van der Waals surface area contributed by atoms with E-state index in [-0.39, 0.29) is 11.4 Å². The standard InChI is InChI=1S/C29H26ClF3N6OS/c30-24-14-19(7-10-34-24)15-36-27(40)39-17-28(25-22(39)5-6-23-26(25)37-18-41-23)8-12-38(13-9-28)11-1-2-21-4-3-20(16-35-21)29(31,32)33/h1-7,10,14,16,18H,8-9,11-13,15,17H2,(H,36,40). The molecule has 1 spiro atoms. The van der Waals surface area contributed by atoms with Crippen LogP contribution in [0.25, 0.3) is 16.3 Å². The van der Waals surface area contributed by atoms with Crippen molar-refractivity contribution in [1.29, 1.82) is 0 Å². The van der Waals surface area contributed by atoms with E-state index in [1.807, 2.05) is 34.7 Å². The van der Waals surface area contributed by atoms with Gasteiger partial charge in [0.05, 0.1) is 32.7 Å². The van der Waals surface area contributed by atoms with Crippen molar-refractivity contribution in [2.75, 3.05) is 31.1 Å². The summed E-state index contributed by atoms with van der Waals surface area (Å²) in [5, 5.41) is 3.41. The highest BCUT2D eigenvalue weighted by Gasteiger charge is 2.47. The van der Waals surface area contributed by atoms with Gasteiger partial charge in [0.25, 0.3) is 0 Å². The maximum Gasteiger partial charge on any atom is 0.417 e. The lowest BCUT2D eigenvalue weighted by molar-refractivity contribution is -0.137. The minimum atomic E-state index is -4.40. The number of amides is 2. The van der Waals surface area contributed by atoms with Crippen LogP contribution >= 0.6 is 22.9 Å². The fourth-order valence-corrected chi connectivity index (χ4v) is 6.59. The number of benzene rings is 1. The van der Waals surface area contributed by atoms with Gasteiger partial charge in [-0.3, -0.25) is 14.8 Å². The van der Waals surface area contributed by atoms with Crippen molar-refractivity contribution in [3.05, 3.63) is 87.9 Å². The van der Waals surface area contributed by atoms with Crippen molar-refractivity contribution in [3.8, 4) is 0 Å². The molecule has 0 aliphatic carbocycles. The molecule has 4 aromatic rings. The molecule has 0 atom stereocenters. The average Bonchev–Trinajstić information content (AvgIpc) is 3.56. The van der Waals surface area contributed by atoms with E-state index in [1.165, 1.54) is 6.07 Å². The quantitative estimate of drug-likeness (QED) is 0.264. The fraction of sp³-hybridized carbons (Fsp3) is 0.310. The summed E-state index contributed by atoms with van der Waals surface area (Å²) in [5.41, 5.74) is 5.24. The molecule has 2 aliphatic heterocycles. The number of thiazole rings is 1. The zero-order valence-electron chi connectivity index (χ0n) is 21.9. The van der Waals surface area contributed by atoms with Gasteiger partial charge in [0.1, 0.15) is 5.15 Å². The van der Waals surface area contributed by atoms with Crippen molar-refractivity contribution in [3.63, 3.8) is 0 Å². The van der Waals surface area contributed by atoms with Crippen LogP contribution < -0.4 is 10.2 Å². The molecule has 41 heavy (non-hydrogen) atoms. The van der Waals surface area contributed by atoms with Gasteiger partial charge in [0.2, 0.25) is 0 Å². The molecule has 7 nitrogen and oxygen atoms in total. The lowest BCUT2D eigenvalue weighted by Gasteiger charge is -2.39. The molecule has 212 valence electrons. The van der Waals surface area contributed by atoms with Crippen molar-refractivity contribution in [1.82, 2.24) is 25.2 Å². The number of hydrogen-bond donors (Lipinski definition) is 1. The lowest BCUT2D eigenvalue weighted by Crippen LogP contribution is -2.47. The van der Waals surface area contributed by atoms with Gasteiger partial charge in [-0.05, 0) is 74.0 Å². The smallest absolute Gasteiger partial charge is 0.334 e. The molecule has 2 amide bonds. The first-order chi connectivity index (χ1) is 19.7. The Balaban J connectivity index is 1.15. The first-order valence-corrected chi connectivity index (χ1v) is 14.4. The number of aromatic nitrogens is 3. The van der Waals surface area contributed by atoms with Gasteiger partial charge in [0, 0.05) is 43.0 Å². The maximum atomic E-state index is 13.4. The van der Waals surface area contributed by atoms with Crippen molar-refractivity contribution in [2.24, 2.45) is 0 Å². The predicted molar refractivity (Wildman–Crippen MR) is 154 cm³/mol. The molecule has 2 aliphatic rings. The number of fused-ring (bicyclic) bond motifs is 4. The molecule has 0 saturated carbocycles. The number of anilines is 1. The summed E-state index contributed by atoms with van der Waals surface area (Å²) in [6.07, 6.45) is 3.46. The van der Waals surface area contributed by atoms with Crippen LogP contribution in [0.4, 0.5) is 23.7 Å². The molecule has 6 rings (SSSR count). The van der Waals surface area contributed by atoms with E-state index >= 15 is 0 Å². The molecule has 12 heteroatoms. The van der Waals surface area contributed by atoms with Gasteiger partial charge >= 0.3 is 12.2 Å². The third kappa shape index (κ3) is 5.66. The molecule has 0 unspecified atom stereocenters. The Hall–Kier alpha value is -3.54. The second-order valence-corrected chi connectivity index (χ2v) is 11.6. The number of carbonyl (C=O) groups excluding carboxylic acids is 1. The van der Waals surface area contributed by atoms with Gasteiger partial charge in [-0.15, -0.1) is 11.3 Å². The number of alkyl halides is 3. The first kappa shape index (κ1) is 27.6. The predicted octanol–water partition coefficient (Wildman–Crippen LogP) is 6.54. The summed E-state index contributed by atoms with van der Waals surface area (Å²) in [5.74, 6) is 0. The van der Waals surface area contributed by atoms with E-state index in [9.17, 15) is 18.0 Å². The SMILES string of the molecule is O=C(NCc1ccnc(Cl)c1)N1CC2(CCN(CC=Cc3ccc(C(F)(F)F)cn3)CC2)c2c1ccc1scnc21. The van der Waals surface area contributed by atoms with E-state index in [0.717, 1.165) is 65.2 Å². The number of halogens is 4. The van der Waals surface area contributed by atoms with E-state index in [0.29, 0.717) is 30.5 Å². The molecule has 3 aromatic heterocycles. The number of likely N-dealkylation sites (tertiary alicyclic amines) is 1. The molecule has 1 saturated heterocycles. The Morgan fingerprint density at radius 3 is 2.68 bits per heavy atom. The molecular weight excluding hydrogens is 573 g/mol. The summed E-state index contributed by atoms with van der Waals surface area (Å²) < 4.78 is 39.5. The van der Waals surface area contributed by atoms with Crippen molar-refractivity contribution in [2.45, 2.75) is 31.0 Å². The summed E-state index contributed by atoms with van der Waals surface area (Å²) in [6, 6.07) is 9.87. The van der Waals surface area contributed by atoms with E-state index in [4.69, 9.17) is 16.6 Å². The minimum Gasteiger partial charge on any atom is -0.334 e. The third-order valence-corrected chi connectivity index (χ3v) is 8.82. The Morgan fingerprint density at radius 2 is 1.95 bits per heavy atom. The Labute approximate surface area is 243 Å². The molecule has 0 bridgehead atoms. The van der Waals surface area contributed by atoms with E-state index in [1.54, 1.807) is 29.7 Å². The van der Waals surface area contributed by atoms with Gasteiger partial charge < -0.3 is 5.32 Å². The fourth-order valence-electron chi connectivity index (χ4n) is 5.71. The van der Waals surface area contributed by atoms with Crippen LogP contribution in [0.5, 0.6) is 0 Å². The Kier molecular flexibility index (Phi) is 7.43. The highest BCUT2D eigenvalue weighted by Crippen LogP contribution is 2.50. The molecule has 1 fully saturated rings. The van der Waals surface area contributed by atoms with Crippen molar-refractivity contribution >= 4 is 50.9 Å². The average molecular weight is 599 g/mol. The van der Waals surface area contributed by atoms with Crippen molar-refractivity contribution < 1.29 is 18.0 Å². The highest BCUT2D eigenvalue weighted by molar-refractivity contribution is 7.16. The number of carbonyl (C=O) groups is 1. The summed E-state index contributed by atoms with van der Waals surface area (Å²) in [6.45, 7) is 3.20. The number of nitrogens with zero attached hydrogens (tertiary/aromatic N) is 5. The molecule has 1 aromatic carbocycles. The zero-order chi connectivity index (χ0) is 28.6. The third-order valence-electron chi connectivity index (χ3n) is 7.82. The second kappa shape index (κ2) is 11.0. The minimum absolute atomic E-state index is 0.167. The van der Waals surface area contributed by atoms with Gasteiger partial charge in [-0.2, -0.15) is 13.2 Å². The van der Waals surface area contributed by atoms with Crippen LogP contribution in [0.3, 0.4) is 0 Å². The summed E-state index contributed by atoms with van der Waals surface area (Å²) in [4.78, 5) is 30.2. The number of rotatable bonds is 5. The Morgan fingerprint density at radius 1 is 1.12 bits per heavy atom. The summed E-state index contributed by atoms with van der Waals surface area (Å²) in [7, 11) is 0. The first-order valence-electron chi connectivity index (χ1n) is 13.2. The van der Waals surface area contributed by atoms with Gasteiger partial charge in [-0.25, -0.2) is 14.8 Å². The monoisotopic (exact) mass is 598 g/mol. The molecule has 1 N–H and O–H groups in total. The van der Waals surface area contributed by atoms with Gasteiger partial charge in [0.15, 0.2) is 0 Å². The largest absolute Gasteiger partial charge is 0.417 e. The van der Waals surface area contributed by atoms with Crippen LogP contribution in [-0.4, -0.2) is 52.1 Å². The topological polar surface area (TPSA) is 74.2 Å². The van der Waals surface area contributed by atoms with Crippen LogP contribution in [0, 0.1) is 0 Å². The van der Waals surface area contributed by atoms with E-state index < -0.39 is 11.7 Å². The van der Waals surface area contributed by atoms with Gasteiger partial charge in [-0.1, -0.05) is 17.7 Å². The normalized spacial score (nSPS) is 17.0. The zero-order valence-corrected chi connectivity index (χ0v) is 23.4. The van der Waals surface area contributed by atoms with Crippen LogP contribution in [0.1, 0.15) is 35.2 Å². The number of nitrogens with one attached hydrogen (secondary N) is 1. The second-order valence-electron chi connectivity index (χ2n) is 10.3. The maximum absolute atomic E-state index is 13.4. The molecule has 0 radical (unpaired) electrons. The van der Waals surface area contributed by atoms with Crippen LogP contribution in [0.15, 0.2) is 60.4 Å².